The second kappa shape index (κ2) is 6.94. The van der Waals surface area contributed by atoms with E-state index in [1.807, 2.05) is 37.3 Å². The van der Waals surface area contributed by atoms with Crippen molar-refractivity contribution >= 4 is 6.08 Å². The smallest absolute Gasteiger partial charge is 0.173 e. The predicted molar refractivity (Wildman–Crippen MR) is 64.2 cm³/mol. The summed E-state index contributed by atoms with van der Waals surface area (Å²) < 4.78 is 25.1. The number of benzene rings is 1. The van der Waals surface area contributed by atoms with Gasteiger partial charge in [-0.25, -0.2) is 0 Å². The minimum Gasteiger partial charge on any atom is -0.173 e. The van der Waals surface area contributed by atoms with E-state index in [0.717, 1.165) is 18.4 Å². The molecule has 0 spiro atoms. The van der Waals surface area contributed by atoms with Crippen LogP contribution in [0.15, 0.2) is 48.1 Å². The summed E-state index contributed by atoms with van der Waals surface area (Å²) in [6, 6.07) is 9.47. The van der Waals surface area contributed by atoms with Crippen LogP contribution < -0.4 is 0 Å². The summed E-state index contributed by atoms with van der Waals surface area (Å²) in [7, 11) is 0. The molecule has 2 heteroatoms. The van der Waals surface area contributed by atoms with Gasteiger partial charge in [-0.2, -0.15) is 8.78 Å². The van der Waals surface area contributed by atoms with Crippen LogP contribution >= 0.6 is 0 Å². The molecule has 0 atom stereocenters. The number of hydrogen-bond donors (Lipinski definition) is 0. The van der Waals surface area contributed by atoms with Crippen LogP contribution in [0.1, 0.15) is 31.7 Å². The topological polar surface area (TPSA) is 0 Å². The van der Waals surface area contributed by atoms with Crippen molar-refractivity contribution in [1.82, 2.24) is 0 Å². The second-order valence-electron chi connectivity index (χ2n) is 3.63. The van der Waals surface area contributed by atoms with Crippen LogP contribution in [-0.4, -0.2) is 0 Å². The van der Waals surface area contributed by atoms with Crippen molar-refractivity contribution in [2.24, 2.45) is 0 Å². The molecule has 0 unspecified atom stereocenters. The lowest BCUT2D eigenvalue weighted by atomic mass is 10.1. The third-order valence-electron chi connectivity index (χ3n) is 2.32. The molecule has 0 amide bonds. The maximum absolute atomic E-state index is 12.6. The lowest BCUT2D eigenvalue weighted by Gasteiger charge is -1.99. The van der Waals surface area contributed by atoms with Crippen LogP contribution in [-0.2, 0) is 0 Å². The predicted octanol–water partition coefficient (Wildman–Crippen LogP) is 5.04. The Hall–Kier alpha value is -1.44. The molecule has 0 aliphatic heterocycles. The molecule has 0 saturated carbocycles. The molecule has 1 rings (SSSR count). The monoisotopic (exact) mass is 222 g/mol. The van der Waals surface area contributed by atoms with Crippen LogP contribution in [0.25, 0.3) is 6.08 Å². The van der Waals surface area contributed by atoms with Gasteiger partial charge in [0.05, 0.1) is 0 Å². The van der Waals surface area contributed by atoms with Crippen molar-refractivity contribution in [1.29, 1.82) is 0 Å². The van der Waals surface area contributed by atoms with Crippen molar-refractivity contribution in [2.45, 2.75) is 26.2 Å². The number of hydrogen-bond acceptors (Lipinski definition) is 0. The fourth-order valence-corrected chi connectivity index (χ4v) is 1.37. The molecule has 0 heterocycles. The molecular weight excluding hydrogens is 206 g/mol. The number of unbranched alkanes of at least 4 members (excludes halogenated alkanes) is 1. The minimum atomic E-state index is -1.57. The average molecular weight is 222 g/mol. The van der Waals surface area contributed by atoms with Gasteiger partial charge < -0.3 is 0 Å². The van der Waals surface area contributed by atoms with Gasteiger partial charge in [-0.1, -0.05) is 55.8 Å². The lowest BCUT2D eigenvalue weighted by molar-refractivity contribution is 0.410. The molecule has 0 nitrogen and oxygen atoms in total. The Balaban J connectivity index is 2.70. The van der Waals surface area contributed by atoms with Crippen LogP contribution in [0.4, 0.5) is 8.78 Å². The number of rotatable bonds is 5. The van der Waals surface area contributed by atoms with E-state index >= 15 is 0 Å². The molecule has 86 valence electrons. The summed E-state index contributed by atoms with van der Waals surface area (Å²) in [5.41, 5.74) is 1.09. The van der Waals surface area contributed by atoms with E-state index in [4.69, 9.17) is 0 Å². The molecule has 0 bridgehead atoms. The Labute approximate surface area is 95.3 Å². The zero-order chi connectivity index (χ0) is 11.8. The van der Waals surface area contributed by atoms with E-state index in [0.29, 0.717) is 6.42 Å². The summed E-state index contributed by atoms with van der Waals surface area (Å²) in [5, 5.41) is 0. The summed E-state index contributed by atoms with van der Waals surface area (Å²) >= 11 is 0. The first-order valence-corrected chi connectivity index (χ1v) is 5.51. The summed E-state index contributed by atoms with van der Waals surface area (Å²) in [6.45, 7) is 1.99. The maximum Gasteiger partial charge on any atom is 0.273 e. The van der Waals surface area contributed by atoms with E-state index in [2.05, 4.69) is 0 Å². The first-order valence-electron chi connectivity index (χ1n) is 5.51. The van der Waals surface area contributed by atoms with Gasteiger partial charge >= 0.3 is 0 Å². The van der Waals surface area contributed by atoms with Gasteiger partial charge in [-0.05, 0) is 18.4 Å². The Morgan fingerprint density at radius 1 is 1.19 bits per heavy atom. The highest BCUT2D eigenvalue weighted by atomic mass is 19.3. The fourth-order valence-electron chi connectivity index (χ4n) is 1.37. The van der Waals surface area contributed by atoms with Gasteiger partial charge in [-0.3, -0.25) is 0 Å². The highest BCUT2D eigenvalue weighted by Crippen LogP contribution is 2.17. The van der Waals surface area contributed by atoms with Crippen molar-refractivity contribution in [2.75, 3.05) is 0 Å². The van der Waals surface area contributed by atoms with E-state index in [-0.39, 0.29) is 5.57 Å². The van der Waals surface area contributed by atoms with Gasteiger partial charge in [0.25, 0.3) is 6.08 Å². The van der Waals surface area contributed by atoms with E-state index in [9.17, 15) is 8.78 Å². The van der Waals surface area contributed by atoms with Crippen molar-refractivity contribution in [3.63, 3.8) is 0 Å². The molecule has 0 fully saturated rings. The minimum absolute atomic E-state index is 0.144. The van der Waals surface area contributed by atoms with Gasteiger partial charge in [0, 0.05) is 5.57 Å². The zero-order valence-electron chi connectivity index (χ0n) is 9.42. The molecule has 1 aromatic rings. The molecule has 0 N–H and O–H groups in total. The van der Waals surface area contributed by atoms with Crippen LogP contribution in [0.3, 0.4) is 0 Å². The maximum atomic E-state index is 12.6. The van der Waals surface area contributed by atoms with Crippen molar-refractivity contribution in [3.05, 3.63) is 53.6 Å². The van der Waals surface area contributed by atoms with E-state index < -0.39 is 6.08 Å². The normalized spacial score (nSPS) is 10.7. The Morgan fingerprint density at radius 3 is 2.44 bits per heavy atom. The first-order chi connectivity index (χ1) is 7.74. The largest absolute Gasteiger partial charge is 0.273 e. The quantitative estimate of drug-likeness (QED) is 0.612. The van der Waals surface area contributed by atoms with E-state index in [1.165, 1.54) is 6.08 Å². The van der Waals surface area contributed by atoms with Gasteiger partial charge in [-0.15, -0.1) is 0 Å². The van der Waals surface area contributed by atoms with Gasteiger partial charge in [0.1, 0.15) is 0 Å². The molecular formula is C14H16F2. The van der Waals surface area contributed by atoms with Crippen LogP contribution in [0.2, 0.25) is 0 Å². The second-order valence-corrected chi connectivity index (χ2v) is 3.63. The highest BCUT2D eigenvalue weighted by molar-refractivity contribution is 5.52. The third kappa shape index (κ3) is 4.39. The fraction of sp³-hybridized carbons (Fsp3) is 0.286. The molecule has 1 aromatic carbocycles. The van der Waals surface area contributed by atoms with Crippen molar-refractivity contribution < 1.29 is 8.78 Å². The average Bonchev–Trinajstić information content (AvgIpc) is 2.30. The van der Waals surface area contributed by atoms with Crippen LogP contribution in [0.5, 0.6) is 0 Å². The van der Waals surface area contributed by atoms with Gasteiger partial charge in [0.2, 0.25) is 0 Å². The molecule has 0 aliphatic carbocycles. The lowest BCUT2D eigenvalue weighted by Crippen LogP contribution is -1.82. The SMILES string of the molecule is CCCCC(/C=C\c1ccccc1)=C(F)F. The molecule has 0 radical (unpaired) electrons. The number of allylic oxidation sites excluding steroid dienone is 2. The van der Waals surface area contributed by atoms with Crippen LogP contribution in [0, 0.1) is 0 Å². The Morgan fingerprint density at radius 2 is 1.88 bits per heavy atom. The Kier molecular flexibility index (Phi) is 5.48. The molecule has 0 aromatic heterocycles. The summed E-state index contributed by atoms with van der Waals surface area (Å²) in [5.74, 6) is 0. The van der Waals surface area contributed by atoms with E-state index in [1.54, 1.807) is 6.08 Å². The first kappa shape index (κ1) is 12.6. The summed E-state index contributed by atoms with van der Waals surface area (Å²) in [4.78, 5) is 0. The molecule has 0 saturated heterocycles. The summed E-state index contributed by atoms with van der Waals surface area (Å²) in [6.07, 6.45) is 3.84. The molecule has 0 aliphatic rings. The Bertz CT molecular complexity index is 360. The highest BCUT2D eigenvalue weighted by Gasteiger charge is 2.01. The number of halogens is 2. The molecule has 16 heavy (non-hydrogen) atoms. The zero-order valence-corrected chi connectivity index (χ0v) is 9.42. The van der Waals surface area contributed by atoms with Gasteiger partial charge in [0.15, 0.2) is 0 Å². The standard InChI is InChI=1S/C14H16F2/c1-2-3-9-13(14(15)16)11-10-12-7-5-4-6-8-12/h4-8,10-11H,2-3,9H2,1H3/b11-10-. The van der Waals surface area contributed by atoms with Crippen molar-refractivity contribution in [3.8, 4) is 0 Å². The third-order valence-corrected chi connectivity index (χ3v) is 2.32.